The molecular formula is C17H15N3O. The van der Waals surface area contributed by atoms with Gasteiger partial charge < -0.3 is 14.7 Å². The fourth-order valence-electron chi connectivity index (χ4n) is 2.64. The first-order valence-corrected chi connectivity index (χ1v) is 6.89. The fraction of sp³-hybridized carbons (Fsp3) is 0.118. The van der Waals surface area contributed by atoms with Gasteiger partial charge >= 0.3 is 0 Å². The summed E-state index contributed by atoms with van der Waals surface area (Å²) in [6, 6.07) is 14.1. The van der Waals surface area contributed by atoms with E-state index in [4.69, 9.17) is 10.2 Å². The molecule has 0 unspecified atom stereocenters. The van der Waals surface area contributed by atoms with E-state index in [0.29, 0.717) is 18.1 Å². The molecule has 0 fully saturated rings. The van der Waals surface area contributed by atoms with Crippen LogP contribution in [0.4, 0.5) is 5.69 Å². The van der Waals surface area contributed by atoms with Crippen molar-refractivity contribution in [2.75, 3.05) is 5.73 Å². The Balaban J connectivity index is 1.77. The molecule has 4 aromatic rings. The first kappa shape index (κ1) is 12.0. The van der Waals surface area contributed by atoms with Crippen molar-refractivity contribution in [2.45, 2.75) is 13.5 Å². The lowest BCUT2D eigenvalue weighted by Gasteiger charge is -2.02. The molecule has 0 bridgehead atoms. The van der Waals surface area contributed by atoms with Crippen molar-refractivity contribution in [1.82, 2.24) is 9.55 Å². The summed E-state index contributed by atoms with van der Waals surface area (Å²) in [4.78, 5) is 4.51. The van der Waals surface area contributed by atoms with Crippen molar-refractivity contribution in [3.8, 4) is 0 Å². The van der Waals surface area contributed by atoms with E-state index in [0.717, 1.165) is 11.1 Å². The highest BCUT2D eigenvalue weighted by molar-refractivity contribution is 5.81. The molecule has 0 saturated heterocycles. The number of rotatable bonds is 2. The molecule has 0 amide bonds. The van der Waals surface area contributed by atoms with Gasteiger partial charge in [-0.2, -0.15) is 0 Å². The Morgan fingerprint density at radius 2 is 2.05 bits per heavy atom. The SMILES string of the molecule is Cc1ccc2ccn(Cc3nc4cc(N)ccc4o3)c2c1. The summed E-state index contributed by atoms with van der Waals surface area (Å²) in [6.07, 6.45) is 2.06. The van der Waals surface area contributed by atoms with E-state index in [9.17, 15) is 0 Å². The van der Waals surface area contributed by atoms with Crippen LogP contribution in [0.1, 0.15) is 11.5 Å². The van der Waals surface area contributed by atoms with Gasteiger partial charge in [0.15, 0.2) is 5.58 Å². The summed E-state index contributed by atoms with van der Waals surface area (Å²) in [7, 11) is 0. The van der Waals surface area contributed by atoms with Crippen LogP contribution >= 0.6 is 0 Å². The first-order valence-electron chi connectivity index (χ1n) is 6.89. The maximum atomic E-state index is 5.79. The predicted molar refractivity (Wildman–Crippen MR) is 84.2 cm³/mol. The van der Waals surface area contributed by atoms with Gasteiger partial charge in [-0.1, -0.05) is 12.1 Å². The maximum Gasteiger partial charge on any atom is 0.215 e. The number of nitrogen functional groups attached to an aromatic ring is 1. The molecule has 2 aromatic carbocycles. The van der Waals surface area contributed by atoms with E-state index < -0.39 is 0 Å². The Morgan fingerprint density at radius 1 is 1.14 bits per heavy atom. The summed E-state index contributed by atoms with van der Waals surface area (Å²) in [5, 5.41) is 1.22. The average molecular weight is 277 g/mol. The third-order valence-electron chi connectivity index (χ3n) is 3.69. The lowest BCUT2D eigenvalue weighted by atomic mass is 10.2. The molecule has 0 aliphatic rings. The molecule has 2 heterocycles. The highest BCUT2D eigenvalue weighted by Gasteiger charge is 2.08. The van der Waals surface area contributed by atoms with Crippen LogP contribution in [0.15, 0.2) is 53.1 Å². The van der Waals surface area contributed by atoms with E-state index in [1.807, 2.05) is 18.2 Å². The summed E-state index contributed by atoms with van der Waals surface area (Å²) in [5.41, 5.74) is 10.5. The Kier molecular flexibility index (Phi) is 2.51. The van der Waals surface area contributed by atoms with E-state index in [2.05, 4.69) is 46.9 Å². The zero-order valence-corrected chi connectivity index (χ0v) is 11.7. The molecule has 21 heavy (non-hydrogen) atoms. The van der Waals surface area contributed by atoms with Gasteiger partial charge in [-0.05, 0) is 48.2 Å². The molecule has 0 saturated carbocycles. The van der Waals surface area contributed by atoms with Crippen LogP contribution in [0.3, 0.4) is 0 Å². The molecule has 0 radical (unpaired) electrons. The Labute approximate surface area is 121 Å². The number of oxazole rings is 1. The van der Waals surface area contributed by atoms with Crippen LogP contribution in [-0.2, 0) is 6.54 Å². The van der Waals surface area contributed by atoms with Crippen LogP contribution in [0.5, 0.6) is 0 Å². The van der Waals surface area contributed by atoms with Gasteiger partial charge in [0.25, 0.3) is 0 Å². The molecule has 2 aromatic heterocycles. The summed E-state index contributed by atoms with van der Waals surface area (Å²) in [5.74, 6) is 0.689. The number of anilines is 1. The average Bonchev–Trinajstić information content (AvgIpc) is 3.02. The van der Waals surface area contributed by atoms with Gasteiger partial charge in [0.05, 0.1) is 6.54 Å². The molecule has 4 rings (SSSR count). The maximum absolute atomic E-state index is 5.79. The van der Waals surface area contributed by atoms with E-state index in [1.54, 1.807) is 0 Å². The molecule has 4 heteroatoms. The number of nitrogens with two attached hydrogens (primary N) is 1. The fourth-order valence-corrected chi connectivity index (χ4v) is 2.64. The third kappa shape index (κ3) is 2.05. The molecule has 0 aliphatic carbocycles. The molecule has 0 aliphatic heterocycles. The van der Waals surface area contributed by atoms with Crippen molar-refractivity contribution >= 4 is 27.7 Å². The minimum Gasteiger partial charge on any atom is -0.439 e. The smallest absolute Gasteiger partial charge is 0.215 e. The number of aromatic nitrogens is 2. The minimum atomic E-state index is 0.613. The number of hydrogen-bond donors (Lipinski definition) is 1. The van der Waals surface area contributed by atoms with Crippen molar-refractivity contribution in [2.24, 2.45) is 0 Å². The van der Waals surface area contributed by atoms with E-state index in [-0.39, 0.29) is 0 Å². The zero-order chi connectivity index (χ0) is 14.4. The second kappa shape index (κ2) is 4.38. The highest BCUT2D eigenvalue weighted by atomic mass is 16.3. The molecule has 0 spiro atoms. The van der Waals surface area contributed by atoms with Crippen LogP contribution < -0.4 is 5.73 Å². The summed E-state index contributed by atoms with van der Waals surface area (Å²) in [6.45, 7) is 2.71. The second-order valence-corrected chi connectivity index (χ2v) is 5.34. The zero-order valence-electron chi connectivity index (χ0n) is 11.7. The van der Waals surface area contributed by atoms with E-state index in [1.165, 1.54) is 16.5 Å². The van der Waals surface area contributed by atoms with Gasteiger partial charge in [0.1, 0.15) is 5.52 Å². The van der Waals surface area contributed by atoms with Gasteiger partial charge in [-0.15, -0.1) is 0 Å². The second-order valence-electron chi connectivity index (χ2n) is 5.34. The van der Waals surface area contributed by atoms with Gasteiger partial charge in [0, 0.05) is 17.4 Å². The third-order valence-corrected chi connectivity index (χ3v) is 3.69. The van der Waals surface area contributed by atoms with Gasteiger partial charge in [-0.3, -0.25) is 0 Å². The molecule has 0 atom stereocenters. The van der Waals surface area contributed by atoms with Gasteiger partial charge in [0.2, 0.25) is 5.89 Å². The number of aryl methyl sites for hydroxylation is 1. The summed E-state index contributed by atoms with van der Waals surface area (Å²) >= 11 is 0. The lowest BCUT2D eigenvalue weighted by Crippen LogP contribution is -1.97. The quantitative estimate of drug-likeness (QED) is 0.568. The van der Waals surface area contributed by atoms with Crippen LogP contribution in [0.2, 0.25) is 0 Å². The van der Waals surface area contributed by atoms with E-state index >= 15 is 0 Å². The van der Waals surface area contributed by atoms with Crippen LogP contribution in [0.25, 0.3) is 22.0 Å². The topological polar surface area (TPSA) is 57.0 Å². The highest BCUT2D eigenvalue weighted by Crippen LogP contribution is 2.22. The molecule has 4 nitrogen and oxygen atoms in total. The normalized spacial score (nSPS) is 11.5. The minimum absolute atomic E-state index is 0.613. The summed E-state index contributed by atoms with van der Waals surface area (Å²) < 4.78 is 7.94. The molecule has 2 N–H and O–H groups in total. The number of hydrogen-bond acceptors (Lipinski definition) is 3. The van der Waals surface area contributed by atoms with Crippen LogP contribution in [0, 0.1) is 6.92 Å². The number of benzene rings is 2. The standard InChI is InChI=1S/C17H15N3O/c1-11-2-3-12-6-7-20(15(12)8-11)10-17-19-14-9-13(18)4-5-16(14)21-17/h2-9H,10,18H2,1H3. The number of nitrogens with zero attached hydrogens (tertiary/aromatic N) is 2. The number of fused-ring (bicyclic) bond motifs is 2. The van der Waals surface area contributed by atoms with Crippen molar-refractivity contribution in [3.63, 3.8) is 0 Å². The lowest BCUT2D eigenvalue weighted by molar-refractivity contribution is 0.513. The van der Waals surface area contributed by atoms with Crippen molar-refractivity contribution in [3.05, 3.63) is 60.1 Å². The Hall–Kier alpha value is -2.75. The molecular weight excluding hydrogens is 262 g/mol. The molecule has 104 valence electrons. The Bertz CT molecular complexity index is 949. The monoisotopic (exact) mass is 277 g/mol. The largest absolute Gasteiger partial charge is 0.439 e. The Morgan fingerprint density at radius 3 is 2.95 bits per heavy atom. The van der Waals surface area contributed by atoms with Gasteiger partial charge in [-0.25, -0.2) is 4.98 Å². The predicted octanol–water partition coefficient (Wildman–Crippen LogP) is 3.72. The van der Waals surface area contributed by atoms with Crippen molar-refractivity contribution < 1.29 is 4.42 Å². The van der Waals surface area contributed by atoms with Crippen LogP contribution in [-0.4, -0.2) is 9.55 Å². The van der Waals surface area contributed by atoms with Crippen molar-refractivity contribution in [1.29, 1.82) is 0 Å². The first-order chi connectivity index (χ1) is 10.2.